The van der Waals surface area contributed by atoms with E-state index in [9.17, 15) is 18.0 Å². The van der Waals surface area contributed by atoms with E-state index in [4.69, 9.17) is 38.1 Å². The van der Waals surface area contributed by atoms with Gasteiger partial charge in [-0.1, -0.05) is 41.4 Å². The molecule has 5 heterocycles. The van der Waals surface area contributed by atoms with Crippen LogP contribution in [0.25, 0.3) is 22.5 Å². The van der Waals surface area contributed by atoms with Crippen LogP contribution in [-0.4, -0.2) is 83.2 Å². The standard InChI is InChI=1S/C34H39Cl2N9O5S/c1-44-27-12-15-45(14-4-16-51(37,48)49)19-26(27)41-32(44)33(47)42-25-6-3-5-23(29(25)35)31-30(36)22(11-13-39-31)24-9-7-20(34(43-24)50-2)17-38-18-21-8-10-28(46)40-21/h3,5-7,9,11,13,21,38H,4,8,10,12,14-19H2,1-2H3,(H,40,46)(H,42,47)(H2,37,48,49)/t21-/m0/s1. The topological polar surface area (TPSA) is 186 Å². The van der Waals surface area contributed by atoms with Gasteiger partial charge in [-0.25, -0.2) is 23.5 Å². The van der Waals surface area contributed by atoms with Gasteiger partial charge in [0.2, 0.25) is 21.8 Å². The average molecular weight is 757 g/mol. The molecule has 3 aromatic heterocycles. The summed E-state index contributed by atoms with van der Waals surface area (Å²) in [7, 11) is -0.164. The van der Waals surface area contributed by atoms with Crippen LogP contribution >= 0.6 is 23.2 Å². The van der Waals surface area contributed by atoms with E-state index >= 15 is 0 Å². The fourth-order valence-corrected chi connectivity index (χ4v) is 7.53. The molecule has 0 spiro atoms. The molecule has 0 saturated carbocycles. The predicted octanol–water partition coefficient (Wildman–Crippen LogP) is 3.52. The summed E-state index contributed by atoms with van der Waals surface area (Å²) in [4.78, 5) is 41.0. The van der Waals surface area contributed by atoms with Crippen LogP contribution in [0.3, 0.4) is 0 Å². The first kappa shape index (κ1) is 36.7. The monoisotopic (exact) mass is 755 g/mol. The summed E-state index contributed by atoms with van der Waals surface area (Å²) in [5.41, 5.74) is 5.06. The highest BCUT2D eigenvalue weighted by molar-refractivity contribution is 7.89. The number of halogens is 2. The zero-order valence-electron chi connectivity index (χ0n) is 28.2. The number of rotatable bonds is 13. The molecule has 5 N–H and O–H groups in total. The number of ether oxygens (including phenoxy) is 1. The molecule has 1 atom stereocenters. The van der Waals surface area contributed by atoms with Gasteiger partial charge in [0, 0.05) is 80.7 Å². The zero-order valence-corrected chi connectivity index (χ0v) is 30.5. The number of pyridine rings is 2. The molecule has 4 aromatic rings. The maximum absolute atomic E-state index is 13.5. The SMILES string of the molecule is COc1nc(-c2ccnc(-c3cccc(NC(=O)c4nc5c(n4C)CCN(CCCS(N)(=O)=O)C5)c3Cl)c2Cl)ccc1CNC[C@@H]1CCC(=O)N1. The summed E-state index contributed by atoms with van der Waals surface area (Å²) < 4.78 is 30.0. The number of carbonyl (C=O) groups excluding carboxylic acids is 2. The molecule has 1 fully saturated rings. The quantitative estimate of drug-likeness (QED) is 0.157. The number of primary sulfonamides is 1. The molecule has 14 nitrogen and oxygen atoms in total. The number of benzene rings is 1. The van der Waals surface area contributed by atoms with Crippen LogP contribution < -0.4 is 25.8 Å². The second kappa shape index (κ2) is 15.6. The summed E-state index contributed by atoms with van der Waals surface area (Å²) in [5.74, 6) is 0.234. The largest absolute Gasteiger partial charge is 0.481 e. The van der Waals surface area contributed by atoms with E-state index < -0.39 is 15.9 Å². The van der Waals surface area contributed by atoms with Crippen LogP contribution in [0.1, 0.15) is 46.8 Å². The molecule has 17 heteroatoms. The number of nitrogens with one attached hydrogen (secondary N) is 3. The van der Waals surface area contributed by atoms with Gasteiger partial charge >= 0.3 is 0 Å². The number of hydrogen-bond donors (Lipinski definition) is 4. The highest BCUT2D eigenvalue weighted by Crippen LogP contribution is 2.40. The Morgan fingerprint density at radius 2 is 1.94 bits per heavy atom. The van der Waals surface area contributed by atoms with Gasteiger partial charge in [0.1, 0.15) is 0 Å². The summed E-state index contributed by atoms with van der Waals surface area (Å²) in [6, 6.07) is 10.9. The Bertz CT molecular complexity index is 2070. The number of nitrogens with zero attached hydrogens (tertiary/aromatic N) is 5. The van der Waals surface area contributed by atoms with E-state index in [0.717, 1.165) is 23.4 Å². The van der Waals surface area contributed by atoms with Gasteiger partial charge in [-0.15, -0.1) is 0 Å². The van der Waals surface area contributed by atoms with Crippen LogP contribution in [0.5, 0.6) is 5.88 Å². The summed E-state index contributed by atoms with van der Waals surface area (Å²) >= 11 is 13.9. The lowest BCUT2D eigenvalue weighted by Gasteiger charge is -2.26. The third-order valence-corrected chi connectivity index (χ3v) is 10.7. The summed E-state index contributed by atoms with van der Waals surface area (Å²) in [5, 5.41) is 14.9. The first-order valence-electron chi connectivity index (χ1n) is 16.5. The molecular formula is C34H39Cl2N9O5S. The van der Waals surface area contributed by atoms with Crippen molar-refractivity contribution in [1.82, 2.24) is 35.1 Å². The number of amides is 2. The van der Waals surface area contributed by atoms with Gasteiger partial charge in [-0.05, 0) is 37.6 Å². The average Bonchev–Trinajstić information content (AvgIpc) is 3.67. The van der Waals surface area contributed by atoms with E-state index in [2.05, 4.69) is 30.8 Å². The first-order valence-corrected chi connectivity index (χ1v) is 19.0. The molecule has 0 aliphatic carbocycles. The number of anilines is 1. The minimum absolute atomic E-state index is 0.0762. The number of carbonyl (C=O) groups is 2. The minimum atomic E-state index is -3.52. The second-order valence-corrected chi connectivity index (χ2v) is 15.1. The Morgan fingerprint density at radius 1 is 1.12 bits per heavy atom. The van der Waals surface area contributed by atoms with Gasteiger partial charge in [0.15, 0.2) is 5.82 Å². The Labute approximate surface area is 306 Å². The van der Waals surface area contributed by atoms with Crippen molar-refractivity contribution in [1.29, 1.82) is 0 Å². The van der Waals surface area contributed by atoms with Gasteiger partial charge in [0.05, 0.1) is 45.7 Å². The van der Waals surface area contributed by atoms with Crippen molar-refractivity contribution in [2.45, 2.75) is 44.8 Å². The number of hydrogen-bond acceptors (Lipinski definition) is 10. The predicted molar refractivity (Wildman–Crippen MR) is 195 cm³/mol. The van der Waals surface area contributed by atoms with Crippen molar-refractivity contribution in [2.24, 2.45) is 12.2 Å². The van der Waals surface area contributed by atoms with E-state index in [-0.39, 0.29) is 28.5 Å². The van der Waals surface area contributed by atoms with Gasteiger partial charge in [-0.3, -0.25) is 19.5 Å². The normalized spacial score (nSPS) is 16.2. The lowest BCUT2D eigenvalue weighted by molar-refractivity contribution is -0.119. The third-order valence-electron chi connectivity index (χ3n) is 9.03. The van der Waals surface area contributed by atoms with Crippen molar-refractivity contribution in [3.8, 4) is 28.4 Å². The number of nitrogens with two attached hydrogens (primary N) is 1. The minimum Gasteiger partial charge on any atom is -0.481 e. The lowest BCUT2D eigenvalue weighted by atomic mass is 10.1. The number of imidazole rings is 1. The molecule has 6 rings (SSSR count). The Morgan fingerprint density at radius 3 is 2.69 bits per heavy atom. The van der Waals surface area contributed by atoms with Crippen molar-refractivity contribution in [2.75, 3.05) is 37.8 Å². The van der Waals surface area contributed by atoms with Crippen LogP contribution in [0.4, 0.5) is 5.69 Å². The number of fused-ring (bicyclic) bond motifs is 1. The molecule has 1 aromatic carbocycles. The van der Waals surface area contributed by atoms with Gasteiger partial charge in [0.25, 0.3) is 5.91 Å². The zero-order chi connectivity index (χ0) is 36.3. The van der Waals surface area contributed by atoms with E-state index in [1.54, 1.807) is 49.2 Å². The molecule has 0 bridgehead atoms. The Balaban J connectivity index is 1.17. The molecule has 2 amide bonds. The van der Waals surface area contributed by atoms with Crippen molar-refractivity contribution in [3.63, 3.8) is 0 Å². The third kappa shape index (κ3) is 8.51. The maximum Gasteiger partial charge on any atom is 0.291 e. The molecule has 2 aliphatic heterocycles. The Hall–Kier alpha value is -4.12. The van der Waals surface area contributed by atoms with Crippen molar-refractivity contribution in [3.05, 3.63) is 75.4 Å². The van der Waals surface area contributed by atoms with E-state index in [1.165, 1.54) is 0 Å². The molecule has 0 radical (unpaired) electrons. The molecule has 270 valence electrons. The van der Waals surface area contributed by atoms with Crippen LogP contribution in [-0.2, 0) is 41.4 Å². The number of aromatic nitrogens is 4. The van der Waals surface area contributed by atoms with Crippen LogP contribution in [0.2, 0.25) is 10.0 Å². The molecule has 51 heavy (non-hydrogen) atoms. The summed E-state index contributed by atoms with van der Waals surface area (Å²) in [6.07, 6.45) is 4.06. The molecular weight excluding hydrogens is 717 g/mol. The molecule has 0 unspecified atom stereocenters. The molecule has 2 aliphatic rings. The smallest absolute Gasteiger partial charge is 0.291 e. The molecule has 1 saturated heterocycles. The van der Waals surface area contributed by atoms with Gasteiger partial charge < -0.3 is 25.3 Å². The summed E-state index contributed by atoms with van der Waals surface area (Å²) in [6.45, 7) is 2.93. The van der Waals surface area contributed by atoms with Crippen LogP contribution in [0, 0.1) is 0 Å². The fourth-order valence-electron chi connectivity index (χ4n) is 6.43. The first-order chi connectivity index (χ1) is 24.4. The lowest BCUT2D eigenvalue weighted by Crippen LogP contribution is -2.35. The highest BCUT2D eigenvalue weighted by Gasteiger charge is 2.27. The Kier molecular flexibility index (Phi) is 11.2. The highest BCUT2D eigenvalue weighted by atomic mass is 35.5. The fraction of sp³-hybridized carbons (Fsp3) is 0.382. The van der Waals surface area contributed by atoms with Crippen molar-refractivity contribution >= 4 is 50.7 Å². The van der Waals surface area contributed by atoms with Crippen LogP contribution in [0.15, 0.2) is 42.6 Å². The van der Waals surface area contributed by atoms with E-state index in [0.29, 0.717) is 91.1 Å². The van der Waals surface area contributed by atoms with E-state index in [1.807, 2.05) is 12.1 Å². The number of sulfonamides is 1. The van der Waals surface area contributed by atoms with Crippen molar-refractivity contribution < 1.29 is 22.7 Å². The maximum atomic E-state index is 13.5. The van der Waals surface area contributed by atoms with Gasteiger partial charge in [-0.2, -0.15) is 0 Å². The second-order valence-electron chi connectivity index (χ2n) is 12.6. The number of methoxy groups -OCH3 is 1.